The Morgan fingerprint density at radius 1 is 1.24 bits per heavy atom. The van der Waals surface area contributed by atoms with Crippen molar-refractivity contribution in [1.29, 1.82) is 0 Å². The van der Waals surface area contributed by atoms with E-state index in [4.69, 9.17) is 14.3 Å². The monoisotopic (exact) mass is 298 g/mol. The Labute approximate surface area is 126 Å². The van der Waals surface area contributed by atoms with E-state index in [2.05, 4.69) is 0 Å². The second-order valence-electron chi connectivity index (χ2n) is 6.17. The summed E-state index contributed by atoms with van der Waals surface area (Å²) in [6.45, 7) is 7.35. The molecule has 0 saturated heterocycles. The number of aliphatic hydroxyl groups is 1. The number of nitrogens with zero attached hydrogens (tertiary/aromatic N) is 2. The van der Waals surface area contributed by atoms with E-state index in [-0.39, 0.29) is 12.7 Å². The van der Waals surface area contributed by atoms with Gasteiger partial charge in [-0.2, -0.15) is 0 Å². The quantitative estimate of drug-likeness (QED) is 0.871. The minimum atomic E-state index is -0.480. The predicted molar refractivity (Wildman–Crippen MR) is 79.8 cm³/mol. The van der Waals surface area contributed by atoms with Crippen LogP contribution in [0.2, 0.25) is 0 Å². The van der Waals surface area contributed by atoms with E-state index < -0.39 is 5.60 Å². The molecule has 21 heavy (non-hydrogen) atoms. The molecule has 0 aliphatic rings. The topological polar surface area (TPSA) is 66.2 Å². The van der Waals surface area contributed by atoms with E-state index in [1.165, 1.54) is 0 Å². The zero-order chi connectivity index (χ0) is 16.0. The molecule has 6 heteroatoms. The van der Waals surface area contributed by atoms with Crippen molar-refractivity contribution in [2.45, 2.75) is 39.5 Å². The first-order chi connectivity index (χ1) is 9.71. The second kappa shape index (κ2) is 7.47. The molecule has 0 atom stereocenters. The molecule has 0 saturated carbocycles. The molecule has 1 aromatic heterocycles. The zero-order valence-electron chi connectivity index (χ0n) is 13.5. The van der Waals surface area contributed by atoms with Gasteiger partial charge in [-0.15, -0.1) is 0 Å². The fourth-order valence-electron chi connectivity index (χ4n) is 1.69. The van der Waals surface area contributed by atoms with Crippen LogP contribution in [0.5, 0.6) is 0 Å². The van der Waals surface area contributed by atoms with Crippen LogP contribution in [0.4, 0.5) is 4.79 Å². The van der Waals surface area contributed by atoms with Crippen molar-refractivity contribution in [2.75, 3.05) is 27.2 Å². The maximum Gasteiger partial charge on any atom is 0.410 e. The van der Waals surface area contributed by atoms with Gasteiger partial charge in [-0.05, 0) is 40.0 Å². The number of carbonyl (C=O) groups is 1. The number of amides is 1. The molecular formula is C15H26N2O4. The Hall–Kier alpha value is -1.53. The van der Waals surface area contributed by atoms with Crippen LogP contribution in [-0.2, 0) is 17.9 Å². The van der Waals surface area contributed by atoms with Gasteiger partial charge in [0.05, 0.1) is 6.54 Å². The van der Waals surface area contributed by atoms with Gasteiger partial charge in [0.25, 0.3) is 0 Å². The van der Waals surface area contributed by atoms with Crippen molar-refractivity contribution < 1.29 is 19.1 Å². The molecule has 6 nitrogen and oxygen atoms in total. The third-order valence-electron chi connectivity index (χ3n) is 2.82. The van der Waals surface area contributed by atoms with Crippen molar-refractivity contribution in [3.8, 4) is 0 Å². The number of carbonyl (C=O) groups excluding carboxylic acids is 1. The van der Waals surface area contributed by atoms with Gasteiger partial charge in [-0.1, -0.05) is 0 Å². The SMILES string of the molecule is CN(CCN(C)C(=O)OC(C)(C)C)Cc1ccc(CO)o1. The highest BCUT2D eigenvalue weighted by Crippen LogP contribution is 2.11. The second-order valence-corrected chi connectivity index (χ2v) is 6.17. The lowest BCUT2D eigenvalue weighted by atomic mass is 10.2. The minimum absolute atomic E-state index is 0.0922. The average molecular weight is 298 g/mol. The van der Waals surface area contributed by atoms with Crippen molar-refractivity contribution in [1.82, 2.24) is 9.80 Å². The summed E-state index contributed by atoms with van der Waals surface area (Å²) in [4.78, 5) is 15.4. The molecule has 120 valence electrons. The molecule has 1 heterocycles. The fraction of sp³-hybridized carbons (Fsp3) is 0.667. The Kier molecular flexibility index (Phi) is 6.23. The van der Waals surface area contributed by atoms with Gasteiger partial charge in [-0.25, -0.2) is 4.79 Å². The summed E-state index contributed by atoms with van der Waals surface area (Å²) in [7, 11) is 3.67. The first-order valence-electron chi connectivity index (χ1n) is 7.02. The molecule has 0 radical (unpaired) electrons. The van der Waals surface area contributed by atoms with E-state index in [1.54, 1.807) is 18.0 Å². The number of furan rings is 1. The number of rotatable bonds is 6. The number of aliphatic hydroxyl groups excluding tert-OH is 1. The lowest BCUT2D eigenvalue weighted by Gasteiger charge is -2.26. The van der Waals surface area contributed by atoms with E-state index in [1.807, 2.05) is 38.8 Å². The highest BCUT2D eigenvalue weighted by molar-refractivity contribution is 5.67. The van der Waals surface area contributed by atoms with E-state index in [0.717, 1.165) is 5.76 Å². The van der Waals surface area contributed by atoms with Crippen LogP contribution >= 0.6 is 0 Å². The van der Waals surface area contributed by atoms with Gasteiger partial charge in [0, 0.05) is 20.1 Å². The predicted octanol–water partition coefficient (Wildman–Crippen LogP) is 2.07. The van der Waals surface area contributed by atoms with Gasteiger partial charge >= 0.3 is 6.09 Å². The lowest BCUT2D eigenvalue weighted by molar-refractivity contribution is 0.0285. The largest absolute Gasteiger partial charge is 0.462 e. The normalized spacial score (nSPS) is 11.8. The summed E-state index contributed by atoms with van der Waals surface area (Å²) in [5, 5.41) is 8.95. The number of ether oxygens (including phenoxy) is 1. The Balaban J connectivity index is 2.35. The molecule has 0 aromatic carbocycles. The van der Waals surface area contributed by atoms with Crippen molar-refractivity contribution >= 4 is 6.09 Å². The summed E-state index contributed by atoms with van der Waals surface area (Å²) in [5.41, 5.74) is -0.480. The van der Waals surface area contributed by atoms with Gasteiger partial charge in [0.2, 0.25) is 0 Å². The highest BCUT2D eigenvalue weighted by atomic mass is 16.6. The maximum atomic E-state index is 11.8. The molecule has 1 aromatic rings. The molecule has 0 unspecified atom stereocenters. The van der Waals surface area contributed by atoms with Crippen LogP contribution in [-0.4, -0.2) is 53.8 Å². The van der Waals surface area contributed by atoms with Crippen LogP contribution in [0.15, 0.2) is 16.5 Å². The molecule has 1 N–H and O–H groups in total. The van der Waals surface area contributed by atoms with Crippen LogP contribution in [0, 0.1) is 0 Å². The summed E-state index contributed by atoms with van der Waals surface area (Å²) >= 11 is 0. The molecule has 1 amide bonds. The minimum Gasteiger partial charge on any atom is -0.462 e. The smallest absolute Gasteiger partial charge is 0.410 e. The van der Waals surface area contributed by atoms with Gasteiger partial charge in [0.15, 0.2) is 0 Å². The molecule has 0 fully saturated rings. The van der Waals surface area contributed by atoms with Crippen molar-refractivity contribution in [3.05, 3.63) is 23.7 Å². The molecule has 0 bridgehead atoms. The third-order valence-corrected chi connectivity index (χ3v) is 2.82. The summed E-state index contributed by atoms with van der Waals surface area (Å²) in [5.74, 6) is 1.35. The molecule has 1 rings (SSSR count). The van der Waals surface area contributed by atoms with E-state index in [0.29, 0.717) is 25.4 Å². The van der Waals surface area contributed by atoms with Crippen LogP contribution in [0.25, 0.3) is 0 Å². The van der Waals surface area contributed by atoms with Gasteiger partial charge in [-0.3, -0.25) is 4.90 Å². The fourth-order valence-corrected chi connectivity index (χ4v) is 1.69. The Bertz CT molecular complexity index is 451. The zero-order valence-corrected chi connectivity index (χ0v) is 13.5. The number of hydrogen-bond acceptors (Lipinski definition) is 5. The summed E-state index contributed by atoms with van der Waals surface area (Å²) < 4.78 is 10.7. The Morgan fingerprint density at radius 2 is 1.86 bits per heavy atom. The van der Waals surface area contributed by atoms with Crippen LogP contribution in [0.3, 0.4) is 0 Å². The van der Waals surface area contributed by atoms with E-state index >= 15 is 0 Å². The number of hydrogen-bond donors (Lipinski definition) is 1. The van der Waals surface area contributed by atoms with Crippen molar-refractivity contribution in [3.63, 3.8) is 0 Å². The first kappa shape index (κ1) is 17.5. The standard InChI is InChI=1S/C15H26N2O4/c1-15(2,3)21-14(19)17(5)9-8-16(4)10-12-6-7-13(11-18)20-12/h6-7,18H,8-11H2,1-5H3. The molecular weight excluding hydrogens is 272 g/mol. The molecule has 0 aliphatic heterocycles. The summed E-state index contributed by atoms with van der Waals surface area (Å²) in [6.07, 6.45) is -0.323. The van der Waals surface area contributed by atoms with Gasteiger partial charge in [0.1, 0.15) is 23.7 Å². The van der Waals surface area contributed by atoms with Gasteiger partial charge < -0.3 is 19.2 Å². The Morgan fingerprint density at radius 3 is 2.38 bits per heavy atom. The summed E-state index contributed by atoms with van der Waals surface area (Å²) in [6, 6.07) is 3.61. The van der Waals surface area contributed by atoms with Crippen LogP contribution < -0.4 is 0 Å². The lowest BCUT2D eigenvalue weighted by Crippen LogP contribution is -2.38. The third kappa shape index (κ3) is 6.64. The average Bonchev–Trinajstić information content (AvgIpc) is 2.81. The van der Waals surface area contributed by atoms with Crippen LogP contribution in [0.1, 0.15) is 32.3 Å². The van der Waals surface area contributed by atoms with E-state index in [9.17, 15) is 4.79 Å². The first-order valence-corrected chi connectivity index (χ1v) is 7.02. The number of likely N-dealkylation sites (N-methyl/N-ethyl adjacent to an activating group) is 2. The maximum absolute atomic E-state index is 11.8. The molecule has 0 spiro atoms. The highest BCUT2D eigenvalue weighted by Gasteiger charge is 2.19. The molecule has 0 aliphatic carbocycles. The van der Waals surface area contributed by atoms with Crippen molar-refractivity contribution in [2.24, 2.45) is 0 Å².